The number of hydrogen-bond donors (Lipinski definition) is 1. The van der Waals surface area contributed by atoms with E-state index in [1.54, 1.807) is 10.8 Å². The summed E-state index contributed by atoms with van der Waals surface area (Å²) in [5, 5.41) is 7.01. The number of nitrogens with zero attached hydrogens (tertiary/aromatic N) is 3. The van der Waals surface area contributed by atoms with E-state index in [2.05, 4.69) is 34.9 Å². The predicted molar refractivity (Wildman–Crippen MR) is 117 cm³/mol. The Morgan fingerprint density at radius 3 is 2.50 bits per heavy atom. The van der Waals surface area contributed by atoms with Gasteiger partial charge in [-0.25, -0.2) is 4.79 Å². The van der Waals surface area contributed by atoms with Crippen molar-refractivity contribution in [1.29, 1.82) is 0 Å². The summed E-state index contributed by atoms with van der Waals surface area (Å²) in [4.78, 5) is 24.2. The highest BCUT2D eigenvalue weighted by Gasteiger charge is 2.19. The van der Waals surface area contributed by atoms with Crippen molar-refractivity contribution in [3.05, 3.63) is 40.5 Å². The number of ether oxygens (including phenoxy) is 1. The van der Waals surface area contributed by atoms with Crippen molar-refractivity contribution < 1.29 is 14.3 Å². The second-order valence-corrected chi connectivity index (χ2v) is 8.15. The lowest BCUT2D eigenvalue weighted by atomic mass is 9.95. The summed E-state index contributed by atoms with van der Waals surface area (Å²) in [6.45, 7) is 7.57. The lowest BCUT2D eigenvalue weighted by Gasteiger charge is -2.26. The Bertz CT molecular complexity index is 962. The first-order chi connectivity index (χ1) is 14.3. The van der Waals surface area contributed by atoms with Crippen LogP contribution in [0.4, 0.5) is 5.69 Å². The molecule has 1 aliphatic rings. The van der Waals surface area contributed by atoms with Crippen LogP contribution < -0.4 is 5.32 Å². The lowest BCUT2D eigenvalue weighted by Crippen LogP contribution is -2.20. The molecule has 0 unspecified atom stereocenters. The molecule has 0 spiro atoms. The van der Waals surface area contributed by atoms with Crippen LogP contribution in [0, 0.1) is 27.7 Å². The maximum Gasteiger partial charge on any atom is 0.331 e. The molecule has 2 heterocycles. The Morgan fingerprint density at radius 1 is 1.17 bits per heavy atom. The molecule has 7 heteroatoms. The molecular weight excluding hydrogens is 380 g/mol. The van der Waals surface area contributed by atoms with E-state index in [0.717, 1.165) is 17.0 Å². The van der Waals surface area contributed by atoms with Gasteiger partial charge in [0.2, 0.25) is 0 Å². The van der Waals surface area contributed by atoms with E-state index < -0.39 is 5.97 Å². The summed E-state index contributed by atoms with van der Waals surface area (Å²) in [5.74, 6) is -0.918. The number of carbonyl (C=O) groups excluding carboxylic acids is 2. The Labute approximate surface area is 178 Å². The van der Waals surface area contributed by atoms with Gasteiger partial charge in [-0.15, -0.1) is 0 Å². The fourth-order valence-electron chi connectivity index (χ4n) is 4.35. The Kier molecular flexibility index (Phi) is 6.80. The van der Waals surface area contributed by atoms with Crippen LogP contribution in [0.3, 0.4) is 0 Å². The number of esters is 1. The highest BCUT2D eigenvalue weighted by molar-refractivity contribution is 5.95. The number of anilines is 1. The highest BCUT2D eigenvalue weighted by Crippen LogP contribution is 2.32. The fraction of sp³-hybridized carbons (Fsp3) is 0.522. The first-order valence-electron chi connectivity index (χ1n) is 10.6. The second kappa shape index (κ2) is 9.32. The number of aromatic nitrogens is 3. The van der Waals surface area contributed by atoms with Crippen LogP contribution in [-0.2, 0) is 21.4 Å². The van der Waals surface area contributed by atoms with Crippen LogP contribution in [0.5, 0.6) is 0 Å². The number of aryl methyl sites for hydroxylation is 3. The van der Waals surface area contributed by atoms with Crippen molar-refractivity contribution in [2.75, 3.05) is 11.9 Å². The molecule has 1 amide bonds. The average molecular weight is 413 g/mol. The van der Waals surface area contributed by atoms with E-state index in [1.165, 1.54) is 49.6 Å². The van der Waals surface area contributed by atoms with E-state index in [1.807, 2.05) is 20.9 Å². The molecule has 0 bridgehead atoms. The summed E-state index contributed by atoms with van der Waals surface area (Å²) < 4.78 is 9.20. The molecule has 30 heavy (non-hydrogen) atoms. The first-order valence-corrected chi connectivity index (χ1v) is 10.6. The molecule has 1 aliphatic carbocycles. The standard InChI is InChI=1S/C23H32N4O3/c1-15-13-19(17(3)27(15)20-9-7-6-8-10-20)11-12-22(29)30-14-21(28)24-23-16(2)25-26(5)18(23)4/h11-13,20H,6-10,14H2,1-5H3,(H,24,28)/b12-11+. The molecule has 1 N–H and O–H groups in total. The van der Waals surface area contributed by atoms with Gasteiger partial charge in [0.05, 0.1) is 17.1 Å². The summed E-state index contributed by atoms with van der Waals surface area (Å²) >= 11 is 0. The van der Waals surface area contributed by atoms with Crippen LogP contribution >= 0.6 is 0 Å². The van der Waals surface area contributed by atoms with Crippen molar-refractivity contribution >= 4 is 23.6 Å². The number of carbonyl (C=O) groups is 2. The van der Waals surface area contributed by atoms with Crippen LogP contribution in [0.2, 0.25) is 0 Å². The molecule has 3 rings (SSSR count). The molecular formula is C23H32N4O3. The maximum absolute atomic E-state index is 12.1. The number of nitrogens with one attached hydrogen (secondary N) is 1. The summed E-state index contributed by atoms with van der Waals surface area (Å²) in [6, 6.07) is 2.66. The normalized spacial score (nSPS) is 15.0. The monoisotopic (exact) mass is 412 g/mol. The number of hydrogen-bond acceptors (Lipinski definition) is 4. The van der Waals surface area contributed by atoms with Gasteiger partial charge in [0.15, 0.2) is 6.61 Å². The van der Waals surface area contributed by atoms with Gasteiger partial charge in [-0.2, -0.15) is 5.10 Å². The molecule has 0 saturated heterocycles. The van der Waals surface area contributed by atoms with Crippen molar-refractivity contribution in [1.82, 2.24) is 14.3 Å². The SMILES string of the molecule is Cc1nn(C)c(C)c1NC(=O)COC(=O)/C=C/c1cc(C)n(C2CCCCC2)c1C. The summed E-state index contributed by atoms with van der Waals surface area (Å²) in [6.07, 6.45) is 9.47. The quantitative estimate of drug-likeness (QED) is 0.571. The molecule has 7 nitrogen and oxygen atoms in total. The minimum atomic E-state index is -0.535. The maximum atomic E-state index is 12.1. The van der Waals surface area contributed by atoms with Gasteiger partial charge < -0.3 is 14.6 Å². The zero-order chi connectivity index (χ0) is 21.8. The molecule has 0 aromatic carbocycles. The summed E-state index contributed by atoms with van der Waals surface area (Å²) in [7, 11) is 1.81. The van der Waals surface area contributed by atoms with Crippen molar-refractivity contribution in [3.8, 4) is 0 Å². The number of rotatable bonds is 6. The number of amides is 1. The van der Waals surface area contributed by atoms with E-state index >= 15 is 0 Å². The van der Waals surface area contributed by atoms with Gasteiger partial charge >= 0.3 is 5.97 Å². The third-order valence-electron chi connectivity index (χ3n) is 5.98. The molecule has 2 aromatic heterocycles. The largest absolute Gasteiger partial charge is 0.452 e. The predicted octanol–water partition coefficient (Wildman–Crippen LogP) is 4.16. The van der Waals surface area contributed by atoms with Crippen molar-refractivity contribution in [3.63, 3.8) is 0 Å². The molecule has 1 fully saturated rings. The third kappa shape index (κ3) is 4.83. The van der Waals surface area contributed by atoms with Gasteiger partial charge in [-0.1, -0.05) is 19.3 Å². The minimum Gasteiger partial charge on any atom is -0.452 e. The van der Waals surface area contributed by atoms with Crippen LogP contribution in [0.15, 0.2) is 12.1 Å². The minimum absolute atomic E-state index is 0.335. The van der Waals surface area contributed by atoms with Gasteiger partial charge in [-0.3, -0.25) is 9.48 Å². The van der Waals surface area contributed by atoms with E-state index in [0.29, 0.717) is 11.7 Å². The molecule has 0 radical (unpaired) electrons. The van der Waals surface area contributed by atoms with E-state index in [9.17, 15) is 9.59 Å². The van der Waals surface area contributed by atoms with Gasteiger partial charge in [0.25, 0.3) is 5.91 Å². The second-order valence-electron chi connectivity index (χ2n) is 8.15. The third-order valence-corrected chi connectivity index (χ3v) is 5.98. The molecule has 1 saturated carbocycles. The Hall–Kier alpha value is -2.83. The smallest absolute Gasteiger partial charge is 0.331 e. The Morgan fingerprint density at radius 2 is 1.87 bits per heavy atom. The van der Waals surface area contributed by atoms with Gasteiger partial charge in [-0.05, 0) is 58.2 Å². The Balaban J connectivity index is 1.56. The molecule has 0 atom stereocenters. The zero-order valence-corrected chi connectivity index (χ0v) is 18.6. The molecule has 2 aromatic rings. The molecule has 162 valence electrons. The van der Waals surface area contributed by atoms with E-state index in [4.69, 9.17) is 4.74 Å². The van der Waals surface area contributed by atoms with Crippen LogP contribution in [0.25, 0.3) is 6.08 Å². The summed E-state index contributed by atoms with van der Waals surface area (Å²) in [5.41, 5.74) is 5.63. The van der Waals surface area contributed by atoms with Gasteiger partial charge in [0, 0.05) is 30.6 Å². The van der Waals surface area contributed by atoms with E-state index in [-0.39, 0.29) is 12.5 Å². The van der Waals surface area contributed by atoms with Gasteiger partial charge in [0.1, 0.15) is 0 Å². The molecule has 0 aliphatic heterocycles. The zero-order valence-electron chi connectivity index (χ0n) is 18.6. The fourth-order valence-corrected chi connectivity index (χ4v) is 4.35. The average Bonchev–Trinajstić information content (AvgIpc) is 3.14. The topological polar surface area (TPSA) is 78.2 Å². The van der Waals surface area contributed by atoms with Crippen molar-refractivity contribution in [2.45, 2.75) is 65.8 Å². The lowest BCUT2D eigenvalue weighted by molar-refractivity contribution is -0.142. The first kappa shape index (κ1) is 21.9. The van der Waals surface area contributed by atoms with Crippen molar-refractivity contribution in [2.24, 2.45) is 7.05 Å². The van der Waals surface area contributed by atoms with Crippen LogP contribution in [-0.4, -0.2) is 32.8 Å². The van der Waals surface area contributed by atoms with Crippen LogP contribution in [0.1, 0.15) is 66.5 Å². The highest BCUT2D eigenvalue weighted by atomic mass is 16.5.